The Kier molecular flexibility index (Phi) is 3.65. The molecule has 1 fully saturated rings. The molecule has 0 aliphatic heterocycles. The van der Waals surface area contributed by atoms with Gasteiger partial charge in [-0.3, -0.25) is 0 Å². The van der Waals surface area contributed by atoms with E-state index in [9.17, 15) is 0 Å². The van der Waals surface area contributed by atoms with E-state index in [4.69, 9.17) is 23.2 Å². The Hall–Kier alpha value is -0.840. The van der Waals surface area contributed by atoms with Gasteiger partial charge in [-0.05, 0) is 24.5 Å². The average molecular weight is 314 g/mol. The van der Waals surface area contributed by atoms with Gasteiger partial charge in [0.2, 0.25) is 5.13 Å². The predicted octanol–water partition coefficient (Wildman–Crippen LogP) is 4.36. The van der Waals surface area contributed by atoms with Crippen molar-refractivity contribution < 1.29 is 0 Å². The number of hydrogen-bond donors (Lipinski definition) is 0. The maximum atomic E-state index is 6.20. The molecule has 1 heterocycles. The summed E-state index contributed by atoms with van der Waals surface area (Å²) in [7, 11) is 1.99. The lowest BCUT2D eigenvalue weighted by Crippen LogP contribution is -2.16. The van der Waals surface area contributed by atoms with Gasteiger partial charge >= 0.3 is 0 Å². The van der Waals surface area contributed by atoms with Gasteiger partial charge in [0.1, 0.15) is 5.01 Å². The van der Waals surface area contributed by atoms with E-state index in [0.717, 1.165) is 15.7 Å². The number of rotatable bonds is 4. The molecule has 0 unspecified atom stereocenters. The average Bonchev–Trinajstić information content (AvgIpc) is 3.12. The van der Waals surface area contributed by atoms with Crippen molar-refractivity contribution in [3.63, 3.8) is 0 Å². The lowest BCUT2D eigenvalue weighted by Gasteiger charge is -2.16. The Morgan fingerprint density at radius 2 is 2.11 bits per heavy atom. The van der Waals surface area contributed by atoms with Gasteiger partial charge in [0.25, 0.3) is 0 Å². The lowest BCUT2D eigenvalue weighted by molar-refractivity contribution is 0.883. The highest BCUT2D eigenvalue weighted by atomic mass is 35.5. The minimum Gasteiger partial charge on any atom is -0.345 e. The molecule has 0 saturated heterocycles. The van der Waals surface area contributed by atoms with Crippen LogP contribution >= 0.6 is 34.5 Å². The van der Waals surface area contributed by atoms with Crippen LogP contribution in [0.15, 0.2) is 18.2 Å². The summed E-state index contributed by atoms with van der Waals surface area (Å²) in [5.41, 5.74) is 1.000. The molecule has 0 N–H and O–H groups in total. The molecule has 2 aromatic rings. The minimum absolute atomic E-state index is 0.587. The first-order chi connectivity index (χ1) is 9.15. The van der Waals surface area contributed by atoms with Gasteiger partial charge in [0.15, 0.2) is 0 Å². The zero-order chi connectivity index (χ0) is 13.4. The van der Waals surface area contributed by atoms with E-state index in [-0.39, 0.29) is 0 Å². The Labute approximate surface area is 126 Å². The van der Waals surface area contributed by atoms with Crippen molar-refractivity contribution in [1.82, 2.24) is 10.2 Å². The first kappa shape index (κ1) is 13.2. The third kappa shape index (κ3) is 2.86. The molecular formula is C13H13Cl2N3S. The van der Waals surface area contributed by atoms with Gasteiger partial charge in [-0.25, -0.2) is 0 Å². The van der Waals surface area contributed by atoms with Crippen molar-refractivity contribution in [2.45, 2.75) is 25.3 Å². The van der Waals surface area contributed by atoms with Crippen molar-refractivity contribution in [3.05, 3.63) is 38.8 Å². The van der Waals surface area contributed by atoms with Crippen molar-refractivity contribution in [2.75, 3.05) is 11.9 Å². The van der Waals surface area contributed by atoms with Gasteiger partial charge in [-0.15, -0.1) is 10.2 Å². The van der Waals surface area contributed by atoms with E-state index in [1.165, 1.54) is 12.8 Å². The molecule has 3 rings (SSSR count). The Morgan fingerprint density at radius 1 is 1.32 bits per heavy atom. The van der Waals surface area contributed by atoms with Crippen LogP contribution in [0.3, 0.4) is 0 Å². The maximum Gasteiger partial charge on any atom is 0.208 e. The Bertz CT molecular complexity index is 595. The van der Waals surface area contributed by atoms with Crippen LogP contribution in [-0.4, -0.2) is 17.2 Å². The number of hydrogen-bond acceptors (Lipinski definition) is 4. The van der Waals surface area contributed by atoms with Crippen LogP contribution in [-0.2, 0) is 6.54 Å². The minimum atomic E-state index is 0.587. The van der Waals surface area contributed by atoms with Gasteiger partial charge in [0.05, 0.1) is 10.0 Å². The number of anilines is 1. The zero-order valence-electron chi connectivity index (χ0n) is 10.4. The van der Waals surface area contributed by atoms with E-state index >= 15 is 0 Å². The monoisotopic (exact) mass is 313 g/mol. The van der Waals surface area contributed by atoms with E-state index in [1.807, 2.05) is 19.2 Å². The highest BCUT2D eigenvalue weighted by Crippen LogP contribution is 2.42. The SMILES string of the molecule is CN(Cc1cccc(Cl)c1Cl)c1nnc(C2CC2)s1. The number of aromatic nitrogens is 2. The molecule has 1 aromatic heterocycles. The summed E-state index contributed by atoms with van der Waals surface area (Å²) < 4.78 is 0. The summed E-state index contributed by atoms with van der Waals surface area (Å²) >= 11 is 13.9. The fourth-order valence-corrected chi connectivity index (χ4v) is 3.22. The number of halogens is 2. The molecule has 3 nitrogen and oxygen atoms in total. The van der Waals surface area contributed by atoms with E-state index in [2.05, 4.69) is 15.1 Å². The molecule has 100 valence electrons. The van der Waals surface area contributed by atoms with E-state index < -0.39 is 0 Å². The third-order valence-corrected chi connectivity index (χ3v) is 5.18. The molecule has 0 spiro atoms. The standard InChI is InChI=1S/C13H13Cl2N3S/c1-18(7-9-3-2-4-10(14)11(9)15)13-17-16-12(19-13)8-5-6-8/h2-4,8H,5-7H2,1H3. The van der Waals surface area contributed by atoms with Crippen LogP contribution in [0.5, 0.6) is 0 Å². The van der Waals surface area contributed by atoms with Crippen LogP contribution in [0.4, 0.5) is 5.13 Å². The van der Waals surface area contributed by atoms with Crippen LogP contribution in [0.1, 0.15) is 29.3 Å². The van der Waals surface area contributed by atoms with Crippen molar-refractivity contribution in [1.29, 1.82) is 0 Å². The van der Waals surface area contributed by atoms with Gasteiger partial charge in [-0.1, -0.05) is 46.7 Å². The highest BCUT2D eigenvalue weighted by Gasteiger charge is 2.28. The summed E-state index contributed by atoms with van der Waals surface area (Å²) in [6.07, 6.45) is 2.50. The normalized spacial score (nSPS) is 14.7. The van der Waals surface area contributed by atoms with E-state index in [1.54, 1.807) is 17.4 Å². The Morgan fingerprint density at radius 3 is 2.84 bits per heavy atom. The molecule has 1 aromatic carbocycles. The second kappa shape index (κ2) is 5.27. The fraction of sp³-hybridized carbons (Fsp3) is 0.385. The summed E-state index contributed by atoms with van der Waals surface area (Å²) in [5, 5.41) is 11.8. The summed E-state index contributed by atoms with van der Waals surface area (Å²) in [6.45, 7) is 0.679. The molecule has 1 aliphatic carbocycles. The molecule has 0 amide bonds. The van der Waals surface area contributed by atoms with E-state index in [0.29, 0.717) is 22.5 Å². The summed E-state index contributed by atoms with van der Waals surface area (Å²) in [6, 6.07) is 5.68. The van der Waals surface area contributed by atoms with Crippen LogP contribution in [0, 0.1) is 0 Å². The molecule has 1 aliphatic rings. The quantitative estimate of drug-likeness (QED) is 0.839. The van der Waals surface area contributed by atoms with Gasteiger partial charge < -0.3 is 4.90 Å². The second-order valence-corrected chi connectivity index (χ2v) is 6.54. The highest BCUT2D eigenvalue weighted by molar-refractivity contribution is 7.15. The van der Waals surface area contributed by atoms with Crippen LogP contribution in [0.25, 0.3) is 0 Å². The third-order valence-electron chi connectivity index (χ3n) is 3.12. The first-order valence-corrected chi connectivity index (χ1v) is 7.70. The predicted molar refractivity (Wildman–Crippen MR) is 80.5 cm³/mol. The molecule has 0 radical (unpaired) electrons. The zero-order valence-corrected chi connectivity index (χ0v) is 12.8. The molecule has 19 heavy (non-hydrogen) atoms. The summed E-state index contributed by atoms with van der Waals surface area (Å²) in [4.78, 5) is 2.06. The van der Waals surface area contributed by atoms with Crippen molar-refractivity contribution >= 4 is 39.7 Å². The van der Waals surface area contributed by atoms with Gasteiger partial charge in [0, 0.05) is 19.5 Å². The van der Waals surface area contributed by atoms with Crippen LogP contribution in [0.2, 0.25) is 10.0 Å². The molecule has 1 saturated carbocycles. The van der Waals surface area contributed by atoms with Gasteiger partial charge in [-0.2, -0.15) is 0 Å². The van der Waals surface area contributed by atoms with Crippen molar-refractivity contribution in [3.8, 4) is 0 Å². The number of benzene rings is 1. The molecule has 0 atom stereocenters. The molecule has 6 heteroatoms. The molecule has 0 bridgehead atoms. The summed E-state index contributed by atoms with van der Waals surface area (Å²) in [5.74, 6) is 0.648. The largest absolute Gasteiger partial charge is 0.345 e. The van der Waals surface area contributed by atoms with Crippen LogP contribution < -0.4 is 4.90 Å². The first-order valence-electron chi connectivity index (χ1n) is 6.12. The second-order valence-electron chi connectivity index (χ2n) is 4.77. The molecular weight excluding hydrogens is 301 g/mol. The lowest BCUT2D eigenvalue weighted by atomic mass is 10.2. The maximum absolute atomic E-state index is 6.20. The number of nitrogens with zero attached hydrogens (tertiary/aromatic N) is 3. The van der Waals surface area contributed by atoms with Crippen molar-refractivity contribution in [2.24, 2.45) is 0 Å². The Balaban J connectivity index is 1.76. The fourth-order valence-electron chi connectivity index (χ4n) is 1.87. The smallest absolute Gasteiger partial charge is 0.208 e. The topological polar surface area (TPSA) is 29.0 Å².